The Morgan fingerprint density at radius 3 is 2.73 bits per heavy atom. The number of nitrogens with zero attached hydrogens (tertiary/aromatic N) is 1. The van der Waals surface area contributed by atoms with Crippen LogP contribution in [0.4, 0.5) is 0 Å². The van der Waals surface area contributed by atoms with Crippen LogP contribution in [0.5, 0.6) is 0 Å². The number of rotatable bonds is 7. The highest BCUT2D eigenvalue weighted by molar-refractivity contribution is 5.46. The smallest absolute Gasteiger partial charge is 0.309 e. The summed E-state index contributed by atoms with van der Waals surface area (Å²) in [7, 11) is 0. The molecule has 1 rings (SSSR count). The number of piperidine rings is 1. The lowest BCUT2D eigenvalue weighted by molar-refractivity contribution is 0.144. The summed E-state index contributed by atoms with van der Waals surface area (Å²) in [6.07, 6.45) is 6.40. The first-order valence-electron chi connectivity index (χ1n) is 5.80. The van der Waals surface area contributed by atoms with Gasteiger partial charge in [-0.05, 0) is 44.7 Å². The summed E-state index contributed by atoms with van der Waals surface area (Å²) >= 11 is 0. The molecule has 2 N–H and O–H groups in total. The molecule has 0 saturated carbocycles. The SMILES string of the molecule is O=[C]NCCCC1CCN(CCO)CC1. The van der Waals surface area contributed by atoms with Crippen molar-refractivity contribution in [2.75, 3.05) is 32.8 Å². The zero-order chi connectivity index (χ0) is 10.9. The molecule has 0 aromatic rings. The van der Waals surface area contributed by atoms with Crippen LogP contribution in [0.15, 0.2) is 0 Å². The van der Waals surface area contributed by atoms with Crippen LogP contribution in [0.25, 0.3) is 0 Å². The van der Waals surface area contributed by atoms with Gasteiger partial charge in [-0.1, -0.05) is 0 Å². The summed E-state index contributed by atoms with van der Waals surface area (Å²) in [6.45, 7) is 4.05. The molecule has 15 heavy (non-hydrogen) atoms. The number of aliphatic hydroxyl groups is 1. The summed E-state index contributed by atoms with van der Waals surface area (Å²) in [5.74, 6) is 0.799. The highest BCUT2D eigenvalue weighted by Gasteiger charge is 2.17. The van der Waals surface area contributed by atoms with Crippen LogP contribution in [0.1, 0.15) is 25.7 Å². The van der Waals surface area contributed by atoms with Gasteiger partial charge in [0.15, 0.2) is 0 Å². The van der Waals surface area contributed by atoms with Crippen molar-refractivity contribution in [3.63, 3.8) is 0 Å². The number of carbonyl (C=O) groups excluding carboxylic acids is 1. The van der Waals surface area contributed by atoms with Crippen LogP contribution in [0, 0.1) is 5.92 Å². The van der Waals surface area contributed by atoms with Crippen LogP contribution in [0.3, 0.4) is 0 Å². The number of aliphatic hydroxyl groups excluding tert-OH is 1. The molecule has 0 unspecified atom stereocenters. The molecule has 1 heterocycles. The standard InChI is InChI=1S/C11H21N2O2/c14-9-8-13-6-3-11(4-7-13)2-1-5-12-10-15/h11,14H,1-9H2,(H,12,15). The van der Waals surface area contributed by atoms with Gasteiger partial charge >= 0.3 is 6.41 Å². The van der Waals surface area contributed by atoms with Crippen LogP contribution in [-0.4, -0.2) is 49.2 Å². The molecule has 0 aromatic carbocycles. The second-order valence-electron chi connectivity index (χ2n) is 4.18. The highest BCUT2D eigenvalue weighted by atomic mass is 16.3. The topological polar surface area (TPSA) is 52.6 Å². The summed E-state index contributed by atoms with van der Waals surface area (Å²) in [5.41, 5.74) is 0. The Bertz CT molecular complexity index is 168. The van der Waals surface area contributed by atoms with Crippen molar-refractivity contribution in [1.29, 1.82) is 0 Å². The van der Waals surface area contributed by atoms with Gasteiger partial charge in [0, 0.05) is 13.1 Å². The van der Waals surface area contributed by atoms with Gasteiger partial charge in [-0.2, -0.15) is 0 Å². The Balaban J connectivity index is 2.01. The molecule has 1 aliphatic heterocycles. The Kier molecular flexibility index (Phi) is 6.36. The Morgan fingerprint density at radius 1 is 1.40 bits per heavy atom. The van der Waals surface area contributed by atoms with Gasteiger partial charge in [0.25, 0.3) is 0 Å². The number of hydrogen-bond donors (Lipinski definition) is 2. The van der Waals surface area contributed by atoms with Crippen molar-refractivity contribution >= 4 is 6.41 Å². The Labute approximate surface area is 91.6 Å². The molecule has 1 amide bonds. The minimum Gasteiger partial charge on any atom is -0.395 e. The third-order valence-corrected chi connectivity index (χ3v) is 3.11. The van der Waals surface area contributed by atoms with Gasteiger partial charge in [-0.15, -0.1) is 0 Å². The van der Waals surface area contributed by atoms with Gasteiger partial charge in [0.1, 0.15) is 0 Å². The van der Waals surface area contributed by atoms with E-state index >= 15 is 0 Å². The minimum absolute atomic E-state index is 0.268. The van der Waals surface area contributed by atoms with Gasteiger partial charge in [-0.25, -0.2) is 0 Å². The summed E-state index contributed by atoms with van der Waals surface area (Å²) in [5, 5.41) is 11.4. The number of nitrogens with one attached hydrogen (secondary N) is 1. The molecule has 0 aliphatic carbocycles. The lowest BCUT2D eigenvalue weighted by atomic mass is 9.92. The van der Waals surface area contributed by atoms with Gasteiger partial charge in [-0.3, -0.25) is 4.79 Å². The van der Waals surface area contributed by atoms with Crippen LogP contribution >= 0.6 is 0 Å². The van der Waals surface area contributed by atoms with E-state index in [1.807, 2.05) is 0 Å². The van der Waals surface area contributed by atoms with Crippen molar-refractivity contribution in [1.82, 2.24) is 10.2 Å². The van der Waals surface area contributed by atoms with Crippen molar-refractivity contribution in [2.24, 2.45) is 5.92 Å². The second kappa shape index (κ2) is 7.65. The van der Waals surface area contributed by atoms with Gasteiger partial charge in [0.2, 0.25) is 0 Å². The largest absolute Gasteiger partial charge is 0.395 e. The highest BCUT2D eigenvalue weighted by Crippen LogP contribution is 2.21. The van der Waals surface area contributed by atoms with E-state index in [2.05, 4.69) is 10.2 Å². The first-order valence-corrected chi connectivity index (χ1v) is 5.80. The van der Waals surface area contributed by atoms with E-state index in [1.165, 1.54) is 19.3 Å². The number of amides is 1. The van der Waals surface area contributed by atoms with E-state index in [1.54, 1.807) is 6.41 Å². The average Bonchev–Trinajstić information content (AvgIpc) is 2.27. The molecule has 0 aromatic heterocycles. The summed E-state index contributed by atoms with van der Waals surface area (Å²) in [4.78, 5) is 12.2. The molecule has 1 fully saturated rings. The molecule has 1 radical (unpaired) electrons. The van der Waals surface area contributed by atoms with E-state index in [4.69, 9.17) is 5.11 Å². The van der Waals surface area contributed by atoms with E-state index in [9.17, 15) is 4.79 Å². The van der Waals surface area contributed by atoms with Crippen LogP contribution in [-0.2, 0) is 4.79 Å². The zero-order valence-electron chi connectivity index (χ0n) is 9.24. The maximum Gasteiger partial charge on any atom is 0.309 e. The number of β-amino-alcohol motifs (C(OH)–C–C–N with tert-alkyl or cyclic N) is 1. The molecule has 1 saturated heterocycles. The molecule has 0 bridgehead atoms. The predicted octanol–water partition coefficient (Wildman–Crippen LogP) is 0.128. The Hall–Kier alpha value is -0.610. The maximum atomic E-state index is 9.90. The average molecular weight is 213 g/mol. The van der Waals surface area contributed by atoms with Crippen molar-refractivity contribution in [3.8, 4) is 0 Å². The first kappa shape index (κ1) is 12.5. The van der Waals surface area contributed by atoms with Crippen LogP contribution in [0.2, 0.25) is 0 Å². The third kappa shape index (κ3) is 5.14. The monoisotopic (exact) mass is 213 g/mol. The third-order valence-electron chi connectivity index (χ3n) is 3.11. The van der Waals surface area contributed by atoms with E-state index in [-0.39, 0.29) is 6.61 Å². The molecule has 87 valence electrons. The van der Waals surface area contributed by atoms with E-state index in [0.29, 0.717) is 0 Å². The van der Waals surface area contributed by atoms with Gasteiger partial charge < -0.3 is 15.3 Å². The lowest BCUT2D eigenvalue weighted by Gasteiger charge is -2.31. The van der Waals surface area contributed by atoms with Crippen molar-refractivity contribution < 1.29 is 9.90 Å². The first-order chi connectivity index (χ1) is 7.36. The molecule has 4 nitrogen and oxygen atoms in total. The predicted molar refractivity (Wildman–Crippen MR) is 59.2 cm³/mol. The quantitative estimate of drug-likeness (QED) is 0.467. The molecular weight excluding hydrogens is 192 g/mol. The fourth-order valence-electron chi connectivity index (χ4n) is 2.17. The van der Waals surface area contributed by atoms with E-state index in [0.717, 1.165) is 38.5 Å². The Morgan fingerprint density at radius 2 is 2.13 bits per heavy atom. The van der Waals surface area contributed by atoms with Crippen molar-refractivity contribution in [3.05, 3.63) is 0 Å². The van der Waals surface area contributed by atoms with Crippen LogP contribution < -0.4 is 5.32 Å². The fourth-order valence-corrected chi connectivity index (χ4v) is 2.17. The second-order valence-corrected chi connectivity index (χ2v) is 4.18. The number of hydrogen-bond acceptors (Lipinski definition) is 3. The number of likely N-dealkylation sites (tertiary alicyclic amines) is 1. The maximum absolute atomic E-state index is 9.90. The molecule has 1 aliphatic rings. The fraction of sp³-hybridized carbons (Fsp3) is 0.909. The summed E-state index contributed by atoms with van der Waals surface area (Å²) < 4.78 is 0. The van der Waals surface area contributed by atoms with Gasteiger partial charge in [0.05, 0.1) is 6.61 Å². The lowest BCUT2D eigenvalue weighted by Crippen LogP contribution is -2.35. The normalized spacial score (nSPS) is 19.0. The van der Waals surface area contributed by atoms with E-state index < -0.39 is 0 Å². The summed E-state index contributed by atoms with van der Waals surface area (Å²) in [6, 6.07) is 0. The van der Waals surface area contributed by atoms with Crippen molar-refractivity contribution in [2.45, 2.75) is 25.7 Å². The minimum atomic E-state index is 0.268. The molecule has 0 atom stereocenters. The molecule has 0 spiro atoms. The zero-order valence-corrected chi connectivity index (χ0v) is 9.24. The molecule has 4 heteroatoms. The molecular formula is C11H21N2O2.